The maximum absolute atomic E-state index is 13.2. The Hall–Kier alpha value is -3.30. The molecule has 0 saturated carbocycles. The summed E-state index contributed by atoms with van der Waals surface area (Å²) < 4.78 is 31.5. The van der Waals surface area contributed by atoms with Crippen LogP contribution in [0.5, 0.6) is 0 Å². The average Bonchev–Trinajstić information content (AvgIpc) is 3.28. The van der Waals surface area contributed by atoms with Crippen LogP contribution < -0.4 is 14.9 Å². The minimum Gasteiger partial charge on any atom is -0.467 e. The van der Waals surface area contributed by atoms with Crippen LogP contribution in [0.1, 0.15) is 29.5 Å². The van der Waals surface area contributed by atoms with Crippen molar-refractivity contribution in [3.05, 3.63) is 83.3 Å². The minimum atomic E-state index is -3.82. The molecule has 2 amide bonds. The fraction of sp³-hybridized carbons (Fsp3) is 0.217. The predicted octanol–water partition coefficient (Wildman–Crippen LogP) is 4.05. The number of hydrogen-bond donors (Lipinski definition) is 2. The van der Waals surface area contributed by atoms with Gasteiger partial charge in [0, 0.05) is 5.02 Å². The highest BCUT2D eigenvalue weighted by atomic mass is 35.5. The molecule has 1 atom stereocenters. The van der Waals surface area contributed by atoms with Crippen molar-refractivity contribution < 1.29 is 22.4 Å². The summed E-state index contributed by atoms with van der Waals surface area (Å²) in [6.07, 6.45) is 2.73. The van der Waals surface area contributed by atoms with E-state index in [-0.39, 0.29) is 29.9 Å². The average molecular weight is 490 g/mol. The molecule has 0 bridgehead atoms. The zero-order valence-corrected chi connectivity index (χ0v) is 19.7. The Kier molecular flexibility index (Phi) is 7.78. The van der Waals surface area contributed by atoms with Crippen molar-refractivity contribution >= 4 is 44.8 Å². The Balaban J connectivity index is 1.85. The van der Waals surface area contributed by atoms with E-state index in [0.29, 0.717) is 10.8 Å². The maximum atomic E-state index is 13.2. The number of nitrogens with one attached hydrogen (secondary N) is 2. The lowest BCUT2D eigenvalue weighted by molar-refractivity contribution is -0.117. The summed E-state index contributed by atoms with van der Waals surface area (Å²) in [5, 5.41) is 5.79. The number of anilines is 2. The number of carbonyl (C=O) groups excluding carboxylic acids is 2. The summed E-state index contributed by atoms with van der Waals surface area (Å²) >= 11 is 6.05. The fourth-order valence-corrected chi connectivity index (χ4v) is 4.74. The van der Waals surface area contributed by atoms with Gasteiger partial charge in [-0.15, -0.1) is 0 Å². The lowest BCUT2D eigenvalue weighted by Gasteiger charge is -2.30. The molecule has 3 rings (SSSR count). The maximum Gasteiger partial charge on any atom is 0.253 e. The summed E-state index contributed by atoms with van der Waals surface area (Å²) in [7, 11) is -3.82. The number of furan rings is 1. The van der Waals surface area contributed by atoms with Gasteiger partial charge in [0.1, 0.15) is 11.8 Å². The molecule has 0 saturated heterocycles. The van der Waals surface area contributed by atoms with Crippen LogP contribution in [0.2, 0.25) is 5.02 Å². The number of carbonyl (C=O) groups is 2. The van der Waals surface area contributed by atoms with Gasteiger partial charge in [0.25, 0.3) is 5.91 Å². The van der Waals surface area contributed by atoms with Gasteiger partial charge in [-0.2, -0.15) is 0 Å². The molecule has 1 unspecified atom stereocenters. The third-order valence-corrected chi connectivity index (χ3v) is 6.24. The monoisotopic (exact) mass is 489 g/mol. The van der Waals surface area contributed by atoms with Gasteiger partial charge in [-0.3, -0.25) is 13.9 Å². The molecule has 0 spiro atoms. The Bertz CT molecular complexity index is 1230. The molecule has 1 heterocycles. The highest BCUT2D eigenvalue weighted by molar-refractivity contribution is 7.92. The second kappa shape index (κ2) is 10.5. The smallest absolute Gasteiger partial charge is 0.253 e. The number of rotatable bonds is 9. The summed E-state index contributed by atoms with van der Waals surface area (Å²) in [6.45, 7) is 1.89. The van der Waals surface area contributed by atoms with Crippen LogP contribution in [0.4, 0.5) is 11.4 Å². The molecule has 33 heavy (non-hydrogen) atoms. The molecule has 3 aromatic rings. The number of para-hydroxylation sites is 1. The fourth-order valence-electron chi connectivity index (χ4n) is 3.36. The first-order valence-corrected chi connectivity index (χ1v) is 12.4. The van der Waals surface area contributed by atoms with Crippen LogP contribution in [0.25, 0.3) is 0 Å². The van der Waals surface area contributed by atoms with E-state index in [1.807, 2.05) is 0 Å². The number of sulfonamides is 1. The zero-order chi connectivity index (χ0) is 24.0. The van der Waals surface area contributed by atoms with E-state index >= 15 is 0 Å². The molecule has 0 fully saturated rings. The van der Waals surface area contributed by atoms with Crippen molar-refractivity contribution in [1.29, 1.82) is 0 Å². The van der Waals surface area contributed by atoms with Crippen molar-refractivity contribution in [2.45, 2.75) is 25.9 Å². The minimum absolute atomic E-state index is 0.183. The summed E-state index contributed by atoms with van der Waals surface area (Å²) in [6, 6.07) is 15.2. The largest absolute Gasteiger partial charge is 0.467 e. The molecule has 2 aromatic carbocycles. The van der Waals surface area contributed by atoms with E-state index in [1.54, 1.807) is 61.5 Å². The Morgan fingerprint density at radius 1 is 1.09 bits per heavy atom. The molecule has 0 aliphatic carbocycles. The quantitative estimate of drug-likeness (QED) is 0.471. The summed E-state index contributed by atoms with van der Waals surface area (Å²) in [5.74, 6) is -0.402. The van der Waals surface area contributed by atoms with Gasteiger partial charge < -0.3 is 15.1 Å². The first-order valence-electron chi connectivity index (χ1n) is 10.2. The lowest BCUT2D eigenvalue weighted by Crippen LogP contribution is -2.47. The molecular formula is C23H24ClN3O5S. The van der Waals surface area contributed by atoms with E-state index < -0.39 is 27.9 Å². The highest BCUT2D eigenvalue weighted by Gasteiger charge is 2.32. The van der Waals surface area contributed by atoms with E-state index in [1.165, 1.54) is 12.3 Å². The van der Waals surface area contributed by atoms with E-state index in [0.717, 1.165) is 10.6 Å². The topological polar surface area (TPSA) is 109 Å². The second-order valence-electron chi connectivity index (χ2n) is 7.26. The first kappa shape index (κ1) is 24.3. The zero-order valence-electron chi connectivity index (χ0n) is 18.1. The van der Waals surface area contributed by atoms with Crippen molar-refractivity contribution in [1.82, 2.24) is 5.32 Å². The van der Waals surface area contributed by atoms with Gasteiger partial charge in [0.15, 0.2) is 0 Å². The van der Waals surface area contributed by atoms with Gasteiger partial charge in [0.05, 0.1) is 36.0 Å². The summed E-state index contributed by atoms with van der Waals surface area (Å²) in [5.41, 5.74) is 0.773. The molecule has 174 valence electrons. The normalized spacial score (nSPS) is 12.1. The Morgan fingerprint density at radius 2 is 1.85 bits per heavy atom. The lowest BCUT2D eigenvalue weighted by atomic mass is 10.1. The van der Waals surface area contributed by atoms with E-state index in [2.05, 4.69) is 10.6 Å². The molecule has 1 aromatic heterocycles. The van der Waals surface area contributed by atoms with Crippen LogP contribution in [0.15, 0.2) is 71.3 Å². The van der Waals surface area contributed by atoms with Crippen LogP contribution in [-0.2, 0) is 21.4 Å². The highest BCUT2D eigenvalue weighted by Crippen LogP contribution is 2.26. The molecule has 2 N–H and O–H groups in total. The van der Waals surface area contributed by atoms with Gasteiger partial charge in [-0.05, 0) is 48.9 Å². The Labute approximate surface area is 197 Å². The van der Waals surface area contributed by atoms with Crippen molar-refractivity contribution in [3.8, 4) is 0 Å². The standard InChI is InChI=1S/C23H24ClN3O5S/c1-3-21(27(33(2,30)31)17-9-6-8-16(24)14-17)23(29)26-20-12-5-4-11-19(20)22(28)25-15-18-10-7-13-32-18/h4-14,21H,3,15H2,1-2H3,(H,25,28)(H,26,29). The predicted molar refractivity (Wildman–Crippen MR) is 128 cm³/mol. The molecule has 0 radical (unpaired) electrons. The van der Waals surface area contributed by atoms with Gasteiger partial charge in [-0.25, -0.2) is 8.42 Å². The van der Waals surface area contributed by atoms with Crippen LogP contribution in [0.3, 0.4) is 0 Å². The number of benzene rings is 2. The molecule has 0 aliphatic rings. The summed E-state index contributed by atoms with van der Waals surface area (Å²) in [4.78, 5) is 25.9. The van der Waals surface area contributed by atoms with Crippen LogP contribution >= 0.6 is 11.6 Å². The molecule has 10 heteroatoms. The van der Waals surface area contributed by atoms with Crippen molar-refractivity contribution in [2.75, 3.05) is 15.9 Å². The van der Waals surface area contributed by atoms with Crippen LogP contribution in [-0.4, -0.2) is 32.5 Å². The van der Waals surface area contributed by atoms with E-state index in [9.17, 15) is 18.0 Å². The molecule has 0 aliphatic heterocycles. The van der Waals surface area contributed by atoms with Gasteiger partial charge >= 0.3 is 0 Å². The number of nitrogens with zero attached hydrogens (tertiary/aromatic N) is 1. The van der Waals surface area contributed by atoms with Gasteiger partial charge in [-0.1, -0.05) is 36.7 Å². The first-order chi connectivity index (χ1) is 15.7. The van der Waals surface area contributed by atoms with Crippen molar-refractivity contribution in [2.24, 2.45) is 0 Å². The molecular weight excluding hydrogens is 466 g/mol. The number of hydrogen-bond acceptors (Lipinski definition) is 5. The van der Waals surface area contributed by atoms with E-state index in [4.69, 9.17) is 16.0 Å². The molecule has 8 nitrogen and oxygen atoms in total. The third kappa shape index (κ3) is 6.15. The van der Waals surface area contributed by atoms with Gasteiger partial charge in [0.2, 0.25) is 15.9 Å². The SMILES string of the molecule is CCC(C(=O)Nc1ccccc1C(=O)NCc1ccco1)N(c1cccc(Cl)c1)S(C)(=O)=O. The number of amides is 2. The second-order valence-corrected chi connectivity index (χ2v) is 9.56. The van der Waals surface area contributed by atoms with Crippen molar-refractivity contribution in [3.63, 3.8) is 0 Å². The number of halogens is 1. The Morgan fingerprint density at radius 3 is 2.48 bits per heavy atom. The third-order valence-electron chi connectivity index (χ3n) is 4.83. The van der Waals surface area contributed by atoms with Crippen LogP contribution in [0, 0.1) is 0 Å².